The monoisotopic (exact) mass is 204 g/mol. The van der Waals surface area contributed by atoms with E-state index in [9.17, 15) is 13.2 Å². The third-order valence-corrected chi connectivity index (χ3v) is 0.938. The van der Waals surface area contributed by atoms with E-state index in [-0.39, 0.29) is 0 Å². The predicted molar refractivity (Wildman–Crippen MR) is 39.7 cm³/mol. The Labute approximate surface area is 69.7 Å². The van der Waals surface area contributed by atoms with E-state index in [4.69, 9.17) is 0 Å². The van der Waals surface area contributed by atoms with Crippen molar-refractivity contribution < 1.29 is 18.0 Å². The summed E-state index contributed by atoms with van der Waals surface area (Å²) >= 11 is 6.76. The minimum absolute atomic E-state index is 0.478. The van der Waals surface area contributed by atoms with Crippen LogP contribution in [-0.4, -0.2) is 18.2 Å². The lowest BCUT2D eigenvalue weighted by Crippen LogP contribution is -2.22. The van der Waals surface area contributed by atoms with Gasteiger partial charge in [0.2, 0.25) is 10.9 Å². The van der Waals surface area contributed by atoms with Gasteiger partial charge in [0.1, 0.15) is 0 Å². The van der Waals surface area contributed by atoms with Crippen LogP contribution in [0.3, 0.4) is 0 Å². The summed E-state index contributed by atoms with van der Waals surface area (Å²) in [6.45, 7) is 0. The fourth-order valence-electron chi connectivity index (χ4n) is 0.117. The molecule has 0 aliphatic rings. The molecule has 60 valence electrons. The van der Waals surface area contributed by atoms with Crippen LogP contribution in [0.15, 0.2) is 0 Å². The summed E-state index contributed by atoms with van der Waals surface area (Å²) in [5, 5.41) is 0. The van der Waals surface area contributed by atoms with Crippen LogP contribution < -0.4 is 4.89 Å². The van der Waals surface area contributed by atoms with Crippen molar-refractivity contribution in [2.45, 2.75) is 0 Å². The predicted octanol–water partition coefficient (Wildman–Crippen LogP) is -0.854. The molecule has 0 fully saturated rings. The lowest BCUT2D eigenvalue weighted by atomic mass is 11.3. The summed E-state index contributed by atoms with van der Waals surface area (Å²) in [6.07, 6.45) is -1.04. The lowest BCUT2D eigenvalue weighted by Gasteiger charge is -2.04. The Kier molecular flexibility index (Phi) is 4.60. The average Bonchev–Trinajstić information content (AvgIpc) is 1.82. The first-order valence-corrected chi connectivity index (χ1v) is 3.80. The molecule has 1 amide bonds. The van der Waals surface area contributed by atoms with Crippen molar-refractivity contribution >= 4 is 42.6 Å². The van der Waals surface area contributed by atoms with Crippen LogP contribution in [0.25, 0.3) is 0 Å². The summed E-state index contributed by atoms with van der Waals surface area (Å²) in [7, 11) is -2.95. The zero-order valence-corrected chi connectivity index (χ0v) is 7.11. The fraction of sp³-hybridized carbons (Fsp3) is 0. The zero-order valence-electron chi connectivity index (χ0n) is 4.42. The standard InChI is InChI=1S/CH4N2O4S3/c4-1(3(8)9)7-2-10(5)6/h8-10H,(H,2,5,6). The maximum atomic E-state index is 10.3. The number of carbonyl (C=O) groups is 1. The van der Waals surface area contributed by atoms with Crippen molar-refractivity contribution in [1.82, 2.24) is 8.60 Å². The molecule has 0 heterocycles. The molecule has 0 radical (unpaired) electrons. The first-order valence-electron chi connectivity index (χ1n) is 1.82. The van der Waals surface area contributed by atoms with Crippen LogP contribution in [0.4, 0.5) is 4.79 Å². The molecule has 0 rings (SSSR count). The van der Waals surface area contributed by atoms with Crippen molar-refractivity contribution in [3.05, 3.63) is 0 Å². The molecule has 0 bridgehead atoms. The molecule has 0 spiro atoms. The van der Waals surface area contributed by atoms with E-state index in [1.807, 2.05) is 0 Å². The molecule has 0 atom stereocenters. The molecule has 1 N–H and O–H groups in total. The van der Waals surface area contributed by atoms with E-state index in [0.717, 1.165) is 0 Å². The van der Waals surface area contributed by atoms with Crippen molar-refractivity contribution in [3.63, 3.8) is 0 Å². The molecule has 0 unspecified atom stereocenters. The van der Waals surface area contributed by atoms with Crippen LogP contribution in [0.2, 0.25) is 0 Å². The minimum Gasteiger partial charge on any atom is -0.337 e. The Balaban J connectivity index is 3.60. The Bertz CT molecular complexity index is 179. The number of nitrogens with one attached hydrogen (secondary N) is 1. The third-order valence-electron chi connectivity index (χ3n) is 0.371. The number of nitrogens with zero attached hydrogens (tertiary/aromatic N) is 1. The summed E-state index contributed by atoms with van der Waals surface area (Å²) in [6, 6.07) is 0. The molecule has 6 nitrogen and oxygen atoms in total. The SMILES string of the molecule is O=C(ON[SH](=O)=O)N(S)S. The van der Waals surface area contributed by atoms with Crippen LogP contribution in [0, 0.1) is 0 Å². The highest BCUT2D eigenvalue weighted by Gasteiger charge is 2.05. The molecular weight excluding hydrogens is 200 g/mol. The molecule has 0 aromatic heterocycles. The number of rotatable bonds is 2. The number of thiol groups is 3. The molecule has 0 saturated carbocycles. The summed E-state index contributed by atoms with van der Waals surface area (Å²) < 4.78 is 19.9. The Morgan fingerprint density at radius 2 is 2.00 bits per heavy atom. The van der Waals surface area contributed by atoms with E-state index in [2.05, 4.69) is 30.5 Å². The van der Waals surface area contributed by atoms with Gasteiger partial charge < -0.3 is 4.84 Å². The van der Waals surface area contributed by atoms with E-state index in [1.165, 1.54) is 4.89 Å². The zero-order chi connectivity index (χ0) is 8.15. The van der Waals surface area contributed by atoms with Gasteiger partial charge in [0.05, 0.1) is 0 Å². The summed E-state index contributed by atoms with van der Waals surface area (Å²) in [4.78, 5) is 15.5. The van der Waals surface area contributed by atoms with Gasteiger partial charge in [-0.15, -0.1) is 0 Å². The molecule has 0 aromatic rings. The Morgan fingerprint density at radius 1 is 1.50 bits per heavy atom. The van der Waals surface area contributed by atoms with Gasteiger partial charge in [0.25, 0.3) is 0 Å². The highest BCUT2D eigenvalue weighted by Crippen LogP contribution is 1.98. The van der Waals surface area contributed by atoms with Crippen molar-refractivity contribution in [2.75, 3.05) is 0 Å². The van der Waals surface area contributed by atoms with Crippen molar-refractivity contribution in [1.29, 1.82) is 0 Å². The second kappa shape index (κ2) is 4.66. The van der Waals surface area contributed by atoms with Gasteiger partial charge in [-0.1, -0.05) is 0 Å². The second-order valence-electron chi connectivity index (χ2n) is 1.01. The van der Waals surface area contributed by atoms with Gasteiger partial charge >= 0.3 is 6.09 Å². The van der Waals surface area contributed by atoms with Gasteiger partial charge in [-0.05, 0) is 30.5 Å². The molecule has 0 saturated heterocycles. The molecule has 0 aliphatic heterocycles. The van der Waals surface area contributed by atoms with E-state index in [0.29, 0.717) is 3.71 Å². The summed E-state index contributed by atoms with van der Waals surface area (Å²) in [5.74, 6) is 0. The molecule has 10 heavy (non-hydrogen) atoms. The topological polar surface area (TPSA) is 75.7 Å². The van der Waals surface area contributed by atoms with Gasteiger partial charge in [-0.3, -0.25) is 0 Å². The first kappa shape index (κ1) is 9.88. The van der Waals surface area contributed by atoms with Gasteiger partial charge in [-0.25, -0.2) is 13.2 Å². The quantitative estimate of drug-likeness (QED) is 0.349. The smallest absolute Gasteiger partial charge is 0.337 e. The normalized spacial score (nSPS) is 9.50. The summed E-state index contributed by atoms with van der Waals surface area (Å²) in [5.41, 5.74) is 0. The van der Waals surface area contributed by atoms with E-state index in [1.54, 1.807) is 0 Å². The second-order valence-corrected chi connectivity index (χ2v) is 2.82. The van der Waals surface area contributed by atoms with E-state index >= 15 is 0 Å². The van der Waals surface area contributed by atoms with E-state index < -0.39 is 17.0 Å². The fourth-order valence-corrected chi connectivity index (χ4v) is 0.351. The third kappa shape index (κ3) is 4.73. The average molecular weight is 204 g/mol. The Hall–Kier alpha value is -0.120. The van der Waals surface area contributed by atoms with Crippen LogP contribution in [0.5, 0.6) is 0 Å². The lowest BCUT2D eigenvalue weighted by molar-refractivity contribution is 0.123. The Morgan fingerprint density at radius 3 is 2.30 bits per heavy atom. The van der Waals surface area contributed by atoms with Crippen molar-refractivity contribution in [2.24, 2.45) is 0 Å². The van der Waals surface area contributed by atoms with Crippen LogP contribution >= 0.6 is 25.6 Å². The molecule has 0 aliphatic carbocycles. The maximum Gasteiger partial charge on any atom is 0.449 e. The van der Waals surface area contributed by atoms with Gasteiger partial charge in [0.15, 0.2) is 0 Å². The number of carbonyl (C=O) groups excluding carboxylic acids is 1. The number of amides is 1. The minimum atomic E-state index is -2.95. The molecule has 0 aromatic carbocycles. The highest BCUT2D eigenvalue weighted by atomic mass is 32.2. The maximum absolute atomic E-state index is 10.3. The highest BCUT2D eigenvalue weighted by molar-refractivity contribution is 7.94. The number of hydrogen-bond donors (Lipinski definition) is 4. The largest absolute Gasteiger partial charge is 0.449 e. The molecule has 9 heteroatoms. The molecular formula is CH4N2O4S3. The van der Waals surface area contributed by atoms with Gasteiger partial charge in [0, 0.05) is 0 Å². The van der Waals surface area contributed by atoms with Crippen LogP contribution in [0.1, 0.15) is 0 Å². The van der Waals surface area contributed by atoms with Gasteiger partial charge in [-0.2, -0.15) is 3.71 Å². The van der Waals surface area contributed by atoms with Crippen molar-refractivity contribution in [3.8, 4) is 0 Å². The first-order chi connectivity index (χ1) is 4.54. The van der Waals surface area contributed by atoms with Crippen LogP contribution in [-0.2, 0) is 15.7 Å². The number of hydrogen-bond acceptors (Lipinski definition) is 6.